The molecule has 0 fully saturated rings. The molecule has 3 aromatic rings. The summed E-state index contributed by atoms with van der Waals surface area (Å²) < 4.78 is 46.0. The number of hydrogen-bond donors (Lipinski definition) is 0. The monoisotopic (exact) mass is 455 g/mol. The van der Waals surface area contributed by atoms with E-state index in [9.17, 15) is 22.4 Å². The molecule has 0 saturated carbocycles. The van der Waals surface area contributed by atoms with Crippen LogP contribution in [0.25, 0.3) is 0 Å². The van der Waals surface area contributed by atoms with Gasteiger partial charge in [0.2, 0.25) is 0 Å². The molecule has 0 radical (unpaired) electrons. The summed E-state index contributed by atoms with van der Waals surface area (Å²) in [6.07, 6.45) is 0. The third kappa shape index (κ3) is 5.03. The van der Waals surface area contributed by atoms with Crippen molar-refractivity contribution in [3.05, 3.63) is 95.3 Å². The van der Waals surface area contributed by atoms with Crippen molar-refractivity contribution in [1.82, 2.24) is 0 Å². The number of anilines is 1. The van der Waals surface area contributed by atoms with Crippen LogP contribution in [0.1, 0.15) is 33.2 Å². The maximum absolute atomic E-state index is 13.3. The maximum Gasteiger partial charge on any atom is 0.338 e. The molecule has 0 spiro atoms. The van der Waals surface area contributed by atoms with Gasteiger partial charge in [-0.2, -0.15) is 0 Å². The van der Waals surface area contributed by atoms with E-state index in [1.54, 1.807) is 44.2 Å². The molecule has 32 heavy (non-hydrogen) atoms. The Morgan fingerprint density at radius 3 is 2.19 bits per heavy atom. The third-order valence-corrected chi connectivity index (χ3v) is 6.87. The van der Waals surface area contributed by atoms with Gasteiger partial charge in [0.15, 0.2) is 12.4 Å². The molecule has 0 saturated heterocycles. The number of sulfonamides is 1. The van der Waals surface area contributed by atoms with Gasteiger partial charge in [0.05, 0.1) is 16.1 Å². The number of carbonyl (C=O) groups excluding carboxylic acids is 2. The van der Waals surface area contributed by atoms with E-state index in [0.29, 0.717) is 11.3 Å². The number of rotatable bonds is 8. The van der Waals surface area contributed by atoms with Crippen molar-refractivity contribution in [3.63, 3.8) is 0 Å². The van der Waals surface area contributed by atoms with Crippen molar-refractivity contribution in [2.45, 2.75) is 18.7 Å². The standard InChI is InChI=1S/C24H22FNO5S/c1-3-26(21-7-5-4-6-8-21)32(29,30)23-15-19(10-9-17(23)2)24(28)31-16-22(27)18-11-13-20(25)14-12-18/h4-15H,3,16H2,1-2H3. The van der Waals surface area contributed by atoms with Crippen molar-refractivity contribution in [2.24, 2.45) is 0 Å². The van der Waals surface area contributed by atoms with Crippen LogP contribution in [0.2, 0.25) is 0 Å². The molecule has 0 aromatic heterocycles. The van der Waals surface area contributed by atoms with Crippen LogP contribution in [0.4, 0.5) is 10.1 Å². The summed E-state index contributed by atoms with van der Waals surface area (Å²) in [5.41, 5.74) is 1.18. The van der Waals surface area contributed by atoms with Crippen LogP contribution >= 0.6 is 0 Å². The van der Waals surface area contributed by atoms with E-state index in [4.69, 9.17) is 4.74 Å². The smallest absolute Gasteiger partial charge is 0.338 e. The molecule has 0 heterocycles. The van der Waals surface area contributed by atoms with Gasteiger partial charge in [0.25, 0.3) is 10.0 Å². The number of nitrogens with zero attached hydrogens (tertiary/aromatic N) is 1. The Bertz CT molecular complexity index is 1230. The minimum absolute atomic E-state index is 0.00481. The van der Waals surface area contributed by atoms with E-state index in [2.05, 4.69) is 0 Å². The van der Waals surface area contributed by atoms with Gasteiger partial charge in [-0.15, -0.1) is 0 Å². The van der Waals surface area contributed by atoms with Crippen LogP contribution in [0, 0.1) is 12.7 Å². The first-order chi connectivity index (χ1) is 15.2. The lowest BCUT2D eigenvalue weighted by atomic mass is 10.1. The zero-order valence-electron chi connectivity index (χ0n) is 17.6. The lowest BCUT2D eigenvalue weighted by Gasteiger charge is -2.24. The second-order valence-electron chi connectivity index (χ2n) is 6.99. The van der Waals surface area contributed by atoms with Gasteiger partial charge in [-0.3, -0.25) is 9.10 Å². The van der Waals surface area contributed by atoms with Crippen LogP contribution < -0.4 is 4.31 Å². The number of carbonyl (C=O) groups is 2. The molecule has 3 rings (SSSR count). The third-order valence-electron chi connectivity index (χ3n) is 4.82. The van der Waals surface area contributed by atoms with E-state index in [1.807, 2.05) is 0 Å². The molecule has 0 N–H and O–H groups in total. The second-order valence-corrected chi connectivity index (χ2v) is 8.82. The van der Waals surface area contributed by atoms with E-state index in [1.165, 1.54) is 34.6 Å². The van der Waals surface area contributed by atoms with E-state index in [-0.39, 0.29) is 22.6 Å². The van der Waals surface area contributed by atoms with Crippen LogP contribution in [0.15, 0.2) is 77.7 Å². The van der Waals surface area contributed by atoms with Gasteiger partial charge in [-0.25, -0.2) is 17.6 Å². The molecular weight excluding hydrogens is 433 g/mol. The Morgan fingerprint density at radius 2 is 1.56 bits per heavy atom. The maximum atomic E-state index is 13.3. The lowest BCUT2D eigenvalue weighted by molar-refractivity contribution is 0.0474. The predicted molar refractivity (Wildman–Crippen MR) is 119 cm³/mol. The van der Waals surface area contributed by atoms with Crippen LogP contribution in [0.5, 0.6) is 0 Å². The van der Waals surface area contributed by atoms with Gasteiger partial charge in [-0.05, 0) is 67.9 Å². The molecule has 0 bridgehead atoms. The Labute approximate surface area is 186 Å². The number of halogens is 1. The van der Waals surface area contributed by atoms with Crippen molar-refractivity contribution in [1.29, 1.82) is 0 Å². The molecule has 0 atom stereocenters. The minimum Gasteiger partial charge on any atom is -0.454 e. The fourth-order valence-electron chi connectivity index (χ4n) is 3.14. The molecule has 0 aliphatic carbocycles. The Morgan fingerprint density at radius 1 is 0.938 bits per heavy atom. The summed E-state index contributed by atoms with van der Waals surface area (Å²) in [6, 6.07) is 17.7. The van der Waals surface area contributed by atoms with E-state index < -0.39 is 34.2 Å². The van der Waals surface area contributed by atoms with Crippen molar-refractivity contribution in [3.8, 4) is 0 Å². The van der Waals surface area contributed by atoms with Gasteiger partial charge in [0.1, 0.15) is 5.82 Å². The summed E-state index contributed by atoms with van der Waals surface area (Å²) in [4.78, 5) is 24.6. The fourth-order valence-corrected chi connectivity index (χ4v) is 4.87. The molecule has 0 amide bonds. The molecule has 166 valence electrons. The average molecular weight is 456 g/mol. The van der Waals surface area contributed by atoms with Crippen LogP contribution in [-0.2, 0) is 14.8 Å². The Balaban J connectivity index is 1.82. The molecule has 3 aromatic carbocycles. The fraction of sp³-hybridized carbons (Fsp3) is 0.167. The molecule has 8 heteroatoms. The van der Waals surface area contributed by atoms with Gasteiger partial charge in [0, 0.05) is 12.1 Å². The Kier molecular flexibility index (Phi) is 7.05. The first-order valence-electron chi connectivity index (χ1n) is 9.88. The molecule has 0 aliphatic heterocycles. The van der Waals surface area contributed by atoms with Crippen LogP contribution in [0.3, 0.4) is 0 Å². The second kappa shape index (κ2) is 9.74. The lowest BCUT2D eigenvalue weighted by Crippen LogP contribution is -2.31. The number of aryl methyl sites for hydroxylation is 1. The molecule has 6 nitrogen and oxygen atoms in total. The first-order valence-corrected chi connectivity index (χ1v) is 11.3. The number of ketones is 1. The van der Waals surface area contributed by atoms with Gasteiger partial charge >= 0.3 is 5.97 Å². The van der Waals surface area contributed by atoms with E-state index in [0.717, 1.165) is 12.1 Å². The van der Waals surface area contributed by atoms with Crippen LogP contribution in [-0.4, -0.2) is 33.3 Å². The van der Waals surface area contributed by atoms with Crippen molar-refractivity contribution >= 4 is 27.5 Å². The number of ether oxygens (including phenoxy) is 1. The topological polar surface area (TPSA) is 80.8 Å². The quantitative estimate of drug-likeness (QED) is 0.372. The zero-order valence-corrected chi connectivity index (χ0v) is 18.4. The van der Waals surface area contributed by atoms with Gasteiger partial charge in [-0.1, -0.05) is 24.3 Å². The molecule has 0 aliphatic rings. The van der Waals surface area contributed by atoms with Crippen molar-refractivity contribution in [2.75, 3.05) is 17.5 Å². The highest BCUT2D eigenvalue weighted by molar-refractivity contribution is 7.92. The van der Waals surface area contributed by atoms with E-state index >= 15 is 0 Å². The average Bonchev–Trinajstić information content (AvgIpc) is 2.79. The number of esters is 1. The SMILES string of the molecule is CCN(c1ccccc1)S(=O)(=O)c1cc(C(=O)OCC(=O)c2ccc(F)cc2)ccc1C. The summed E-state index contributed by atoms with van der Waals surface area (Å²) in [5.74, 6) is -1.82. The minimum atomic E-state index is -3.95. The van der Waals surface area contributed by atoms with Crippen molar-refractivity contribution < 1.29 is 27.1 Å². The number of para-hydroxylation sites is 1. The Hall–Kier alpha value is -3.52. The number of benzene rings is 3. The summed E-state index contributed by atoms with van der Waals surface area (Å²) in [6.45, 7) is 3.01. The highest BCUT2D eigenvalue weighted by atomic mass is 32.2. The largest absolute Gasteiger partial charge is 0.454 e. The number of hydrogen-bond acceptors (Lipinski definition) is 5. The van der Waals surface area contributed by atoms with Gasteiger partial charge < -0.3 is 4.74 Å². The zero-order chi connectivity index (χ0) is 23.3. The first kappa shape index (κ1) is 23.1. The summed E-state index contributed by atoms with van der Waals surface area (Å²) in [7, 11) is -3.95. The summed E-state index contributed by atoms with van der Waals surface area (Å²) in [5, 5.41) is 0. The summed E-state index contributed by atoms with van der Waals surface area (Å²) >= 11 is 0. The predicted octanol–water partition coefficient (Wildman–Crippen LogP) is 4.39. The molecule has 0 unspecified atom stereocenters. The molecular formula is C24H22FNO5S. The normalized spacial score (nSPS) is 11.1. The highest BCUT2D eigenvalue weighted by Crippen LogP contribution is 2.26. The number of Topliss-reactive ketones (excluding diaryl/α,β-unsaturated/α-hetero) is 1. The highest BCUT2D eigenvalue weighted by Gasteiger charge is 2.26.